The minimum absolute atomic E-state index is 0.226. The van der Waals surface area contributed by atoms with Crippen LogP contribution in [0.4, 0.5) is 5.69 Å². The molecule has 0 saturated heterocycles. The number of alkyl halides is 2. The number of hydrogen-bond acceptors (Lipinski definition) is 5. The van der Waals surface area contributed by atoms with Crippen molar-refractivity contribution < 1.29 is 4.79 Å². The van der Waals surface area contributed by atoms with E-state index in [4.69, 9.17) is 23.2 Å². The average molecular weight is 418 g/mol. The Kier molecular flexibility index (Phi) is 6.15. The number of carbonyl (C=O) groups is 1. The number of thiol groups is 2. The zero-order chi connectivity index (χ0) is 19.0. The normalized spacial score (nSPS) is 23.3. The topological polar surface area (TPSA) is 56.1 Å². The lowest BCUT2D eigenvalue weighted by Gasteiger charge is -2.30. The first kappa shape index (κ1) is 20.6. The number of hydrazine groups is 1. The number of nitriles is 1. The number of nitrogens with zero attached hydrogens (tertiary/aromatic N) is 2. The van der Waals surface area contributed by atoms with E-state index in [0.29, 0.717) is 23.4 Å². The number of nitrogens with one attached hydrogen (secondary N) is 1. The number of benzene rings is 1. The second-order valence-electron chi connectivity index (χ2n) is 6.63. The Hall–Kier alpha value is -0.740. The number of hydrogen-bond donors (Lipinski definition) is 3. The third-order valence-electron chi connectivity index (χ3n) is 4.98. The molecular weight excluding hydrogens is 397 g/mol. The third kappa shape index (κ3) is 4.00. The first-order valence-corrected chi connectivity index (χ1v) is 9.56. The number of amides is 1. The average Bonchev–Trinajstić information content (AvgIpc) is 3.02. The molecule has 0 spiro atoms. The Balaban J connectivity index is 2.16. The summed E-state index contributed by atoms with van der Waals surface area (Å²) in [4.78, 5) is 14.2. The molecule has 25 heavy (non-hydrogen) atoms. The zero-order valence-electron chi connectivity index (χ0n) is 14.3. The van der Waals surface area contributed by atoms with Gasteiger partial charge in [-0.1, -0.05) is 20.3 Å². The molecule has 3 unspecified atom stereocenters. The van der Waals surface area contributed by atoms with Gasteiger partial charge >= 0.3 is 0 Å². The van der Waals surface area contributed by atoms with Gasteiger partial charge < -0.3 is 0 Å². The van der Waals surface area contributed by atoms with Gasteiger partial charge in [-0.25, -0.2) is 0 Å². The molecule has 0 heterocycles. The molecule has 8 heteroatoms. The van der Waals surface area contributed by atoms with Crippen LogP contribution < -0.4 is 10.4 Å². The van der Waals surface area contributed by atoms with E-state index in [0.717, 1.165) is 4.90 Å². The maximum absolute atomic E-state index is 12.7. The second-order valence-corrected chi connectivity index (χ2v) is 9.11. The summed E-state index contributed by atoms with van der Waals surface area (Å²) >= 11 is 21.2. The molecule has 3 atom stereocenters. The summed E-state index contributed by atoms with van der Waals surface area (Å²) in [6, 6.07) is 7.51. The quantitative estimate of drug-likeness (QED) is 0.363. The van der Waals surface area contributed by atoms with Crippen LogP contribution in [0.25, 0.3) is 0 Å². The first-order valence-electron chi connectivity index (χ1n) is 7.91. The number of carbonyl (C=O) groups excluding carboxylic acids is 1. The monoisotopic (exact) mass is 417 g/mol. The van der Waals surface area contributed by atoms with E-state index in [-0.39, 0.29) is 11.8 Å². The molecule has 1 N–H and O–H groups in total. The molecule has 0 aromatic heterocycles. The van der Waals surface area contributed by atoms with Crippen LogP contribution in [0.2, 0.25) is 0 Å². The van der Waals surface area contributed by atoms with Crippen molar-refractivity contribution in [2.75, 3.05) is 12.1 Å². The highest BCUT2D eigenvalue weighted by atomic mass is 35.5. The fraction of sp³-hybridized carbons (Fsp3) is 0.529. The Labute approximate surface area is 169 Å². The van der Waals surface area contributed by atoms with Crippen molar-refractivity contribution in [1.82, 2.24) is 5.43 Å². The van der Waals surface area contributed by atoms with Crippen molar-refractivity contribution >= 4 is 60.1 Å². The summed E-state index contributed by atoms with van der Waals surface area (Å²) in [6.07, 6.45) is 1.21. The van der Waals surface area contributed by atoms with Gasteiger partial charge in [0, 0.05) is 22.3 Å². The molecule has 4 nitrogen and oxygen atoms in total. The molecule has 136 valence electrons. The molecule has 1 aliphatic rings. The largest absolute Gasteiger partial charge is 0.287 e. The summed E-state index contributed by atoms with van der Waals surface area (Å²) in [6.45, 7) is 3.87. The maximum Gasteiger partial charge on any atom is 0.256 e. The Morgan fingerprint density at radius 2 is 2.08 bits per heavy atom. The summed E-state index contributed by atoms with van der Waals surface area (Å²) in [7, 11) is 1.70. The smallest absolute Gasteiger partial charge is 0.256 e. The fourth-order valence-electron chi connectivity index (χ4n) is 3.30. The van der Waals surface area contributed by atoms with Gasteiger partial charge in [0.05, 0.1) is 11.8 Å². The van der Waals surface area contributed by atoms with Gasteiger partial charge in [-0.3, -0.25) is 15.2 Å². The molecule has 1 aromatic rings. The molecule has 1 aliphatic carbocycles. The van der Waals surface area contributed by atoms with Gasteiger partial charge in [-0.2, -0.15) is 5.26 Å². The van der Waals surface area contributed by atoms with Crippen molar-refractivity contribution in [3.8, 4) is 6.07 Å². The van der Waals surface area contributed by atoms with Crippen molar-refractivity contribution in [1.29, 1.82) is 5.26 Å². The molecule has 0 bridgehead atoms. The van der Waals surface area contributed by atoms with Gasteiger partial charge in [-0.15, -0.1) is 48.5 Å². The van der Waals surface area contributed by atoms with Gasteiger partial charge in [0.1, 0.15) is 10.3 Å². The van der Waals surface area contributed by atoms with E-state index in [1.807, 2.05) is 13.8 Å². The molecule has 1 amide bonds. The molecule has 1 aromatic carbocycles. The van der Waals surface area contributed by atoms with Crippen LogP contribution in [-0.2, 0) is 4.79 Å². The highest BCUT2D eigenvalue weighted by molar-refractivity contribution is 7.81. The lowest BCUT2D eigenvalue weighted by Crippen LogP contribution is -2.46. The van der Waals surface area contributed by atoms with Crippen LogP contribution in [0.15, 0.2) is 28.0 Å². The van der Waals surface area contributed by atoms with Gasteiger partial charge in [0.25, 0.3) is 5.91 Å². The van der Waals surface area contributed by atoms with E-state index in [1.54, 1.807) is 30.3 Å². The molecular formula is C17H21Cl2N3OS2. The lowest BCUT2D eigenvalue weighted by atomic mass is 9.78. The Morgan fingerprint density at radius 1 is 1.48 bits per heavy atom. The Bertz CT molecular complexity index is 722. The molecule has 2 rings (SSSR count). The second kappa shape index (κ2) is 7.48. The first-order chi connectivity index (χ1) is 11.6. The maximum atomic E-state index is 12.7. The van der Waals surface area contributed by atoms with Crippen LogP contribution in [0, 0.1) is 28.6 Å². The number of anilines is 1. The van der Waals surface area contributed by atoms with Crippen LogP contribution in [0.3, 0.4) is 0 Å². The molecule has 1 fully saturated rings. The zero-order valence-corrected chi connectivity index (χ0v) is 17.6. The van der Waals surface area contributed by atoms with Crippen LogP contribution >= 0.6 is 48.5 Å². The summed E-state index contributed by atoms with van der Waals surface area (Å²) in [5.74, 6) is -1.45. The number of rotatable bonds is 6. The van der Waals surface area contributed by atoms with Crippen molar-refractivity contribution in [3.63, 3.8) is 0 Å². The summed E-state index contributed by atoms with van der Waals surface area (Å²) in [5.41, 5.74) is 3.03. The number of halogens is 2. The van der Waals surface area contributed by atoms with Crippen LogP contribution in [-0.4, -0.2) is 17.3 Å². The van der Waals surface area contributed by atoms with Gasteiger partial charge in [0.15, 0.2) is 0 Å². The van der Waals surface area contributed by atoms with E-state index >= 15 is 0 Å². The summed E-state index contributed by atoms with van der Waals surface area (Å²) in [5, 5.41) is 11.1. The van der Waals surface area contributed by atoms with Crippen molar-refractivity contribution in [2.45, 2.75) is 40.8 Å². The van der Waals surface area contributed by atoms with Gasteiger partial charge in [-0.05, 0) is 30.5 Å². The van der Waals surface area contributed by atoms with Crippen molar-refractivity contribution in [2.24, 2.45) is 17.3 Å². The van der Waals surface area contributed by atoms with Crippen LogP contribution in [0.5, 0.6) is 0 Å². The molecule has 0 aliphatic heterocycles. The predicted molar refractivity (Wildman–Crippen MR) is 108 cm³/mol. The van der Waals surface area contributed by atoms with Crippen LogP contribution in [0.1, 0.15) is 26.7 Å². The Morgan fingerprint density at radius 3 is 2.52 bits per heavy atom. The lowest BCUT2D eigenvalue weighted by molar-refractivity contribution is -0.125. The molecule has 1 saturated carbocycles. The SMILES string of the molecule is CCC(C(C#N)C(=O)NN(C)c1ccc(S)cc1S)C1(C)CC1(Cl)Cl. The fourth-order valence-corrected chi connectivity index (χ4v) is 4.80. The van der Waals surface area contributed by atoms with E-state index < -0.39 is 15.7 Å². The van der Waals surface area contributed by atoms with Crippen molar-refractivity contribution in [3.05, 3.63) is 18.2 Å². The highest BCUT2D eigenvalue weighted by Crippen LogP contribution is 2.69. The van der Waals surface area contributed by atoms with Gasteiger partial charge in [0.2, 0.25) is 0 Å². The molecule has 0 radical (unpaired) electrons. The predicted octanol–water partition coefficient (Wildman–Crippen LogP) is 4.48. The standard InChI is InChI=1S/C17H21Cl2N3OS2/c1-4-12(16(2)9-17(16,18)19)11(8-20)15(23)21-22(3)13-6-5-10(24)7-14(13)25/h5-7,11-12,24-25H,4,9H2,1-3H3,(H,21,23). The van der Waals surface area contributed by atoms with E-state index in [2.05, 4.69) is 36.8 Å². The summed E-state index contributed by atoms with van der Waals surface area (Å²) < 4.78 is -0.879. The minimum Gasteiger partial charge on any atom is -0.287 e. The highest BCUT2D eigenvalue weighted by Gasteiger charge is 2.67. The minimum atomic E-state index is -0.879. The van der Waals surface area contributed by atoms with E-state index in [1.165, 1.54) is 0 Å². The van der Waals surface area contributed by atoms with E-state index in [9.17, 15) is 10.1 Å². The third-order valence-corrected chi connectivity index (χ3v) is 6.75.